The summed E-state index contributed by atoms with van der Waals surface area (Å²) in [4.78, 5) is 12.4. The van der Waals surface area contributed by atoms with E-state index in [1.807, 2.05) is 30.3 Å². The first-order valence-electron chi connectivity index (χ1n) is 9.51. The van der Waals surface area contributed by atoms with Crippen LogP contribution in [0.4, 0.5) is 0 Å². The van der Waals surface area contributed by atoms with Gasteiger partial charge in [-0.25, -0.2) is 8.42 Å². The number of benzene rings is 2. The molecule has 2 rings (SSSR count). The molecule has 0 saturated carbocycles. The number of hydrogen-bond acceptors (Lipinski definition) is 5. The van der Waals surface area contributed by atoms with E-state index < -0.39 is 10.0 Å². The van der Waals surface area contributed by atoms with Crippen LogP contribution in [0.3, 0.4) is 0 Å². The van der Waals surface area contributed by atoms with Crippen LogP contribution in [-0.4, -0.2) is 59.1 Å². The maximum Gasteiger partial charge on any atom is 0.243 e. The zero-order valence-corrected chi connectivity index (χ0v) is 18.7. The second kappa shape index (κ2) is 11.9. The molecule has 0 aliphatic rings. The first-order valence-corrected chi connectivity index (χ1v) is 11.3. The number of nitrogens with one attached hydrogen (secondary N) is 1. The van der Waals surface area contributed by atoms with E-state index in [1.165, 1.54) is 29.6 Å². The van der Waals surface area contributed by atoms with Crippen LogP contribution in [-0.2, 0) is 26.0 Å². The lowest BCUT2D eigenvalue weighted by Gasteiger charge is -2.22. The minimum absolute atomic E-state index is 0.00791. The average Bonchev–Trinajstić information content (AvgIpc) is 2.74. The Hall–Kier alpha value is -2.13. The monoisotopic (exact) mass is 454 g/mol. The van der Waals surface area contributed by atoms with Gasteiger partial charge in [0.1, 0.15) is 5.75 Å². The molecule has 0 spiro atoms. The molecule has 0 saturated heterocycles. The molecule has 1 amide bonds. The molecule has 1 N–H and O–H groups in total. The fourth-order valence-electron chi connectivity index (χ4n) is 2.80. The van der Waals surface area contributed by atoms with Crippen molar-refractivity contribution in [3.05, 3.63) is 59.1 Å². The molecule has 0 fully saturated rings. The molecule has 7 nitrogen and oxygen atoms in total. The molecule has 0 aliphatic carbocycles. The summed E-state index contributed by atoms with van der Waals surface area (Å²) in [6.07, 6.45) is 1.12. The van der Waals surface area contributed by atoms with Crippen molar-refractivity contribution in [2.24, 2.45) is 0 Å². The number of hydrogen-bond donors (Lipinski definition) is 1. The summed E-state index contributed by atoms with van der Waals surface area (Å²) >= 11 is 6.12. The van der Waals surface area contributed by atoms with Crippen molar-refractivity contribution in [3.63, 3.8) is 0 Å². The Labute approximate surface area is 183 Å². The van der Waals surface area contributed by atoms with Gasteiger partial charge in [0.05, 0.1) is 23.6 Å². The molecule has 0 atom stereocenters. The highest BCUT2D eigenvalue weighted by Crippen LogP contribution is 2.28. The van der Waals surface area contributed by atoms with Gasteiger partial charge in [0, 0.05) is 26.8 Å². The summed E-state index contributed by atoms with van der Waals surface area (Å²) in [5.41, 5.74) is 0.978. The first-order chi connectivity index (χ1) is 14.4. The fraction of sp³-hybridized carbons (Fsp3) is 0.381. The zero-order chi connectivity index (χ0) is 22.0. The number of nitrogens with zero attached hydrogens (tertiary/aromatic N) is 1. The van der Waals surface area contributed by atoms with Gasteiger partial charge in [-0.2, -0.15) is 4.31 Å². The van der Waals surface area contributed by atoms with Crippen LogP contribution < -0.4 is 10.1 Å². The number of methoxy groups -OCH3 is 2. The molecule has 164 valence electrons. The summed E-state index contributed by atoms with van der Waals surface area (Å²) < 4.78 is 37.7. The Morgan fingerprint density at radius 3 is 2.50 bits per heavy atom. The zero-order valence-electron chi connectivity index (χ0n) is 17.1. The van der Waals surface area contributed by atoms with E-state index in [9.17, 15) is 13.2 Å². The molecule has 0 bridgehead atoms. The van der Waals surface area contributed by atoms with E-state index in [-0.39, 0.29) is 28.9 Å². The quantitative estimate of drug-likeness (QED) is 0.498. The van der Waals surface area contributed by atoms with Crippen LogP contribution >= 0.6 is 11.6 Å². The molecule has 0 heterocycles. The summed E-state index contributed by atoms with van der Waals surface area (Å²) in [7, 11) is -0.904. The smallest absolute Gasteiger partial charge is 0.243 e. The largest absolute Gasteiger partial charge is 0.495 e. The van der Waals surface area contributed by atoms with E-state index in [0.29, 0.717) is 31.7 Å². The predicted octanol–water partition coefficient (Wildman–Crippen LogP) is 2.73. The third kappa shape index (κ3) is 6.98. The maximum atomic E-state index is 13.2. The second-order valence-electron chi connectivity index (χ2n) is 6.57. The first kappa shape index (κ1) is 24.1. The van der Waals surface area contributed by atoms with Gasteiger partial charge in [-0.1, -0.05) is 41.9 Å². The highest BCUT2D eigenvalue weighted by atomic mass is 35.5. The number of ether oxygens (including phenoxy) is 2. The van der Waals surface area contributed by atoms with Crippen molar-refractivity contribution in [2.45, 2.75) is 17.7 Å². The van der Waals surface area contributed by atoms with Crippen LogP contribution in [0.5, 0.6) is 5.75 Å². The predicted molar refractivity (Wildman–Crippen MR) is 116 cm³/mol. The minimum atomic E-state index is -3.94. The molecule has 2 aromatic carbocycles. The van der Waals surface area contributed by atoms with E-state index in [4.69, 9.17) is 21.1 Å². The van der Waals surface area contributed by atoms with Crippen LogP contribution in [0.1, 0.15) is 12.0 Å². The molecule has 0 aliphatic heterocycles. The van der Waals surface area contributed by atoms with Crippen molar-refractivity contribution in [3.8, 4) is 5.75 Å². The van der Waals surface area contributed by atoms with Gasteiger partial charge in [-0.15, -0.1) is 0 Å². The van der Waals surface area contributed by atoms with E-state index >= 15 is 0 Å². The molecule has 30 heavy (non-hydrogen) atoms. The minimum Gasteiger partial charge on any atom is -0.495 e. The van der Waals surface area contributed by atoms with E-state index in [2.05, 4.69) is 5.32 Å². The molecule has 2 aromatic rings. The highest BCUT2D eigenvalue weighted by molar-refractivity contribution is 7.89. The third-order valence-corrected chi connectivity index (χ3v) is 6.56. The molecular weight excluding hydrogens is 428 g/mol. The van der Waals surface area contributed by atoms with Crippen molar-refractivity contribution in [1.29, 1.82) is 0 Å². The van der Waals surface area contributed by atoms with Crippen molar-refractivity contribution < 1.29 is 22.7 Å². The Balaban J connectivity index is 2.19. The molecule has 0 unspecified atom stereocenters. The molecule has 0 radical (unpaired) electrons. The van der Waals surface area contributed by atoms with Gasteiger partial charge in [-0.3, -0.25) is 4.79 Å². The molecular formula is C21H27ClN2O5S. The van der Waals surface area contributed by atoms with Gasteiger partial charge >= 0.3 is 0 Å². The normalized spacial score (nSPS) is 11.5. The Morgan fingerprint density at radius 2 is 1.87 bits per heavy atom. The summed E-state index contributed by atoms with van der Waals surface area (Å²) in [6, 6.07) is 13.8. The summed E-state index contributed by atoms with van der Waals surface area (Å²) in [6.45, 7) is 0.793. The number of rotatable bonds is 12. The Bertz CT molecular complexity index is 922. The van der Waals surface area contributed by atoms with E-state index in [1.54, 1.807) is 7.11 Å². The van der Waals surface area contributed by atoms with Crippen LogP contribution in [0, 0.1) is 0 Å². The topological polar surface area (TPSA) is 84.9 Å². The van der Waals surface area contributed by atoms with Crippen molar-refractivity contribution >= 4 is 27.5 Å². The Kier molecular flexibility index (Phi) is 9.58. The average molecular weight is 455 g/mol. The summed E-state index contributed by atoms with van der Waals surface area (Å²) in [5, 5.41) is 2.91. The lowest BCUT2D eigenvalue weighted by atomic mass is 10.1. The van der Waals surface area contributed by atoms with Gasteiger partial charge in [0.15, 0.2) is 0 Å². The molecule has 9 heteroatoms. The van der Waals surface area contributed by atoms with Crippen molar-refractivity contribution in [2.75, 3.05) is 40.5 Å². The molecule has 0 aromatic heterocycles. The number of carbonyl (C=O) groups is 1. The number of amides is 1. The van der Waals surface area contributed by atoms with E-state index in [0.717, 1.165) is 5.56 Å². The van der Waals surface area contributed by atoms with Crippen molar-refractivity contribution in [1.82, 2.24) is 9.62 Å². The Morgan fingerprint density at radius 1 is 1.13 bits per heavy atom. The van der Waals surface area contributed by atoms with Gasteiger partial charge < -0.3 is 14.8 Å². The third-order valence-electron chi connectivity index (χ3n) is 4.42. The van der Waals surface area contributed by atoms with Gasteiger partial charge in [0.2, 0.25) is 15.9 Å². The van der Waals surface area contributed by atoms with Crippen LogP contribution in [0.25, 0.3) is 0 Å². The standard InChI is InChI=1S/C21H27ClN2O5S/c1-28-14-6-12-23-21(25)16-24(13-11-17-7-4-3-5-8-17)30(26,27)18-9-10-20(29-2)19(22)15-18/h3-5,7-10,15H,6,11-14,16H2,1-2H3,(H,23,25). The van der Waals surface area contributed by atoms with Crippen LogP contribution in [0.2, 0.25) is 5.02 Å². The number of sulfonamides is 1. The highest BCUT2D eigenvalue weighted by Gasteiger charge is 2.27. The fourth-order valence-corrected chi connectivity index (χ4v) is 4.55. The lowest BCUT2D eigenvalue weighted by Crippen LogP contribution is -2.42. The SMILES string of the molecule is COCCCNC(=O)CN(CCc1ccccc1)S(=O)(=O)c1ccc(OC)c(Cl)c1. The number of halogens is 1. The summed E-state index contributed by atoms with van der Waals surface area (Å²) in [5.74, 6) is 0.00434. The number of carbonyl (C=O) groups excluding carboxylic acids is 1. The van der Waals surface area contributed by atoms with Gasteiger partial charge in [-0.05, 0) is 36.6 Å². The van der Waals surface area contributed by atoms with Gasteiger partial charge in [0.25, 0.3) is 0 Å². The lowest BCUT2D eigenvalue weighted by molar-refractivity contribution is -0.121. The maximum absolute atomic E-state index is 13.2. The second-order valence-corrected chi connectivity index (χ2v) is 8.91. The van der Waals surface area contributed by atoms with Crippen LogP contribution in [0.15, 0.2) is 53.4 Å².